The van der Waals surface area contributed by atoms with Gasteiger partial charge in [-0.15, -0.1) is 0 Å². The van der Waals surface area contributed by atoms with Crippen LogP contribution in [0.3, 0.4) is 0 Å². The quantitative estimate of drug-likeness (QED) is 0.278. The van der Waals surface area contributed by atoms with Crippen LogP contribution >= 0.6 is 28.1 Å². The monoisotopic (exact) mass is 604 g/mol. The van der Waals surface area contributed by atoms with Crippen molar-refractivity contribution in [1.29, 1.82) is 0 Å². The second kappa shape index (κ2) is 9.81. The molecule has 6 nitrogen and oxygen atoms in total. The fourth-order valence-electron chi connectivity index (χ4n) is 4.34. The van der Waals surface area contributed by atoms with Crippen LogP contribution in [0, 0.1) is 5.82 Å². The Labute approximate surface area is 230 Å². The summed E-state index contributed by atoms with van der Waals surface area (Å²) in [6.07, 6.45) is 0.903. The van der Waals surface area contributed by atoms with Crippen molar-refractivity contribution in [2.24, 2.45) is 0 Å². The Hall–Kier alpha value is -2.82. The van der Waals surface area contributed by atoms with Crippen LogP contribution in [0.2, 0.25) is 0 Å². The van der Waals surface area contributed by atoms with E-state index in [-0.39, 0.29) is 25.6 Å². The first kappa shape index (κ1) is 27.2. The van der Waals surface area contributed by atoms with Crippen molar-refractivity contribution in [1.82, 2.24) is 10.2 Å². The maximum Gasteiger partial charge on any atom is 0.339 e. The lowest BCUT2D eigenvalue weighted by molar-refractivity contribution is -0.124. The van der Waals surface area contributed by atoms with E-state index in [0.29, 0.717) is 11.1 Å². The minimum Gasteiger partial charge on any atom is -0.379 e. The first-order chi connectivity index (χ1) is 17.3. The van der Waals surface area contributed by atoms with Crippen LogP contribution in [-0.2, 0) is 25.9 Å². The molecule has 4 rings (SSSR count). The molecule has 1 unspecified atom stereocenters. The summed E-state index contributed by atoms with van der Waals surface area (Å²) in [6, 6.07) is 17.1. The summed E-state index contributed by atoms with van der Waals surface area (Å²) in [5.74, 6) is -0.915. The number of carbonyl (C=O) groups is 1. The predicted octanol–water partition coefficient (Wildman–Crippen LogP) is 5.63. The maximum atomic E-state index is 14.0. The number of hydrogen-bond donors (Lipinski definition) is 1. The Balaban J connectivity index is 1.75. The third kappa shape index (κ3) is 4.78. The van der Waals surface area contributed by atoms with Crippen molar-refractivity contribution in [2.75, 3.05) is 7.05 Å². The number of nitrogens with one attached hydrogen (secondary N) is 1. The van der Waals surface area contributed by atoms with Gasteiger partial charge in [-0.2, -0.15) is 8.42 Å². The average Bonchev–Trinajstić information content (AvgIpc) is 3.09. The number of carbonyl (C=O) groups excluding carboxylic acids is 1. The highest BCUT2D eigenvalue weighted by molar-refractivity contribution is 9.10. The molecule has 0 bridgehead atoms. The molecule has 0 spiro atoms. The van der Waals surface area contributed by atoms with Gasteiger partial charge in [0.2, 0.25) is 0 Å². The Morgan fingerprint density at radius 2 is 1.73 bits per heavy atom. The van der Waals surface area contributed by atoms with Gasteiger partial charge in [0, 0.05) is 7.05 Å². The third-order valence-electron chi connectivity index (χ3n) is 6.96. The summed E-state index contributed by atoms with van der Waals surface area (Å²) in [5.41, 5.74) is 0.308. The van der Waals surface area contributed by atoms with E-state index < -0.39 is 27.4 Å². The highest BCUT2D eigenvalue weighted by Crippen LogP contribution is 2.41. The van der Waals surface area contributed by atoms with Gasteiger partial charge in [0.1, 0.15) is 16.5 Å². The smallest absolute Gasteiger partial charge is 0.339 e. The van der Waals surface area contributed by atoms with Crippen molar-refractivity contribution in [3.63, 3.8) is 0 Å². The maximum absolute atomic E-state index is 14.0. The predicted molar refractivity (Wildman–Crippen MR) is 147 cm³/mol. The van der Waals surface area contributed by atoms with E-state index in [1.807, 2.05) is 0 Å². The summed E-state index contributed by atoms with van der Waals surface area (Å²) in [6.45, 7) is 6.26. The van der Waals surface area contributed by atoms with Gasteiger partial charge in [0.25, 0.3) is 5.91 Å². The van der Waals surface area contributed by atoms with Gasteiger partial charge in [-0.25, -0.2) is 4.39 Å². The molecule has 3 aromatic rings. The first-order valence-corrected chi connectivity index (χ1v) is 14.1. The largest absolute Gasteiger partial charge is 0.379 e. The zero-order valence-corrected chi connectivity index (χ0v) is 23.9. The Morgan fingerprint density at radius 3 is 2.30 bits per heavy atom. The molecule has 0 aliphatic carbocycles. The molecule has 1 aliphatic rings. The van der Waals surface area contributed by atoms with Gasteiger partial charge in [-0.3, -0.25) is 4.79 Å². The van der Waals surface area contributed by atoms with E-state index in [0.717, 1.165) is 12.0 Å². The lowest BCUT2D eigenvalue weighted by atomic mass is 9.81. The van der Waals surface area contributed by atoms with E-state index in [9.17, 15) is 17.6 Å². The van der Waals surface area contributed by atoms with Crippen molar-refractivity contribution >= 4 is 49.3 Å². The highest BCUT2D eigenvalue weighted by Gasteiger charge is 2.52. The van der Waals surface area contributed by atoms with Gasteiger partial charge in [-0.1, -0.05) is 51.1 Å². The number of hydrogen-bond acceptors (Lipinski definition) is 5. The Kier molecular flexibility index (Phi) is 7.22. The SMILES string of the molecule is CCC(C)(C)c1ccc(S(=O)(=O)Oc2cccc(C3(c4ccc(F)c(Br)c4)C(=O)NC(=S)N3C)c2)cc1. The highest BCUT2D eigenvalue weighted by atomic mass is 79.9. The molecule has 1 N–H and O–H groups in total. The molecule has 0 aromatic heterocycles. The zero-order valence-electron chi connectivity index (χ0n) is 20.7. The fourth-order valence-corrected chi connectivity index (χ4v) is 5.87. The molecule has 194 valence electrons. The van der Waals surface area contributed by atoms with Crippen LogP contribution in [0.4, 0.5) is 4.39 Å². The van der Waals surface area contributed by atoms with Crippen molar-refractivity contribution in [3.05, 3.63) is 93.7 Å². The topological polar surface area (TPSA) is 75.7 Å². The lowest BCUT2D eigenvalue weighted by Crippen LogP contribution is -2.46. The summed E-state index contributed by atoms with van der Waals surface area (Å²) in [5, 5.41) is 2.83. The molecule has 1 fully saturated rings. The van der Waals surface area contributed by atoms with Crippen molar-refractivity contribution < 1.29 is 21.8 Å². The van der Waals surface area contributed by atoms with E-state index in [2.05, 4.69) is 42.0 Å². The van der Waals surface area contributed by atoms with Crippen LogP contribution < -0.4 is 9.50 Å². The molecular weight excluding hydrogens is 579 g/mol. The number of nitrogens with zero attached hydrogens (tertiary/aromatic N) is 1. The Bertz CT molecular complexity index is 1490. The molecule has 1 atom stereocenters. The zero-order chi connectivity index (χ0) is 27.2. The molecule has 10 heteroatoms. The van der Waals surface area contributed by atoms with Gasteiger partial charge >= 0.3 is 10.1 Å². The van der Waals surface area contributed by atoms with Crippen LogP contribution in [0.15, 0.2) is 76.1 Å². The summed E-state index contributed by atoms with van der Waals surface area (Å²) < 4.78 is 45.9. The number of benzene rings is 3. The van der Waals surface area contributed by atoms with E-state index in [4.69, 9.17) is 16.4 Å². The number of amides is 1. The van der Waals surface area contributed by atoms with E-state index in [1.54, 1.807) is 36.2 Å². The van der Waals surface area contributed by atoms with Crippen LogP contribution in [0.25, 0.3) is 0 Å². The van der Waals surface area contributed by atoms with E-state index >= 15 is 0 Å². The van der Waals surface area contributed by atoms with E-state index in [1.165, 1.54) is 42.5 Å². The summed E-state index contributed by atoms with van der Waals surface area (Å²) >= 11 is 8.52. The fraction of sp³-hybridized carbons (Fsp3) is 0.259. The minimum absolute atomic E-state index is 0.0163. The van der Waals surface area contributed by atoms with Gasteiger partial charge in [0.15, 0.2) is 10.7 Å². The Morgan fingerprint density at radius 1 is 1.08 bits per heavy atom. The average molecular weight is 606 g/mol. The third-order valence-corrected chi connectivity index (χ3v) is 9.21. The number of likely N-dealkylation sites (N-methyl/N-ethyl adjacent to an activating group) is 1. The molecule has 0 saturated carbocycles. The van der Waals surface area contributed by atoms with Crippen LogP contribution in [0.1, 0.15) is 43.9 Å². The lowest BCUT2D eigenvalue weighted by Gasteiger charge is -2.35. The molecule has 1 amide bonds. The molecule has 1 heterocycles. The van der Waals surface area contributed by atoms with Gasteiger partial charge < -0.3 is 14.4 Å². The summed E-state index contributed by atoms with van der Waals surface area (Å²) in [7, 11) is -2.51. The second-order valence-electron chi connectivity index (χ2n) is 9.48. The molecule has 1 saturated heterocycles. The summed E-state index contributed by atoms with van der Waals surface area (Å²) in [4.78, 5) is 14.9. The standard InChI is InChI=1S/C27H26BrFN2O4S2/c1-5-26(2,3)17-9-12-21(13-10-17)37(33,34)35-20-8-6-7-18(15-20)27(24(32)30-25(36)31(27)4)19-11-14-23(29)22(28)16-19/h6-16H,5H2,1-4H3,(H,30,32,36). The molecular formula is C27H26BrFN2O4S2. The van der Waals surface area contributed by atoms with Crippen LogP contribution in [-0.4, -0.2) is 31.4 Å². The van der Waals surface area contributed by atoms with Crippen molar-refractivity contribution in [3.8, 4) is 5.75 Å². The molecule has 0 radical (unpaired) electrons. The minimum atomic E-state index is -4.15. The molecule has 3 aromatic carbocycles. The number of thiocarbonyl (C=S) groups is 1. The van der Waals surface area contributed by atoms with Gasteiger partial charge in [0.05, 0.1) is 4.47 Å². The van der Waals surface area contributed by atoms with Crippen LogP contribution in [0.5, 0.6) is 5.75 Å². The number of rotatable bonds is 7. The first-order valence-electron chi connectivity index (χ1n) is 11.5. The normalized spacial score (nSPS) is 18.2. The van der Waals surface area contributed by atoms with Gasteiger partial charge in [-0.05, 0) is 93.1 Å². The van der Waals surface area contributed by atoms with Crippen molar-refractivity contribution in [2.45, 2.75) is 43.0 Å². The molecule has 1 aliphatic heterocycles. The molecule has 37 heavy (non-hydrogen) atoms. The second-order valence-corrected chi connectivity index (χ2v) is 12.3. The number of halogens is 2.